The molecule has 4 nitrogen and oxygen atoms in total. The SMILES string of the molecule is CC(=O)N1c2ccc(F)cc2[C@H](Nc2ccc(C)cn2)[C@@H](C)[C@@H]1C1CC1. The van der Waals surface area contributed by atoms with Gasteiger partial charge in [0.25, 0.3) is 0 Å². The molecule has 0 spiro atoms. The summed E-state index contributed by atoms with van der Waals surface area (Å²) < 4.78 is 14.0. The molecule has 0 radical (unpaired) electrons. The molecular formula is C21H24FN3O. The highest BCUT2D eigenvalue weighted by Gasteiger charge is 2.47. The number of halogens is 1. The summed E-state index contributed by atoms with van der Waals surface area (Å²) in [5.74, 6) is 1.18. The molecule has 1 aromatic heterocycles. The Morgan fingerprint density at radius 1 is 1.27 bits per heavy atom. The topological polar surface area (TPSA) is 45.2 Å². The largest absolute Gasteiger partial charge is 0.363 e. The fraction of sp³-hybridized carbons (Fsp3) is 0.429. The van der Waals surface area contributed by atoms with Crippen LogP contribution in [0, 0.1) is 24.6 Å². The lowest BCUT2D eigenvalue weighted by molar-refractivity contribution is -0.117. The zero-order valence-electron chi connectivity index (χ0n) is 15.4. The van der Waals surface area contributed by atoms with Crippen molar-refractivity contribution >= 4 is 17.4 Å². The van der Waals surface area contributed by atoms with Crippen molar-refractivity contribution in [1.29, 1.82) is 0 Å². The average Bonchev–Trinajstić information content (AvgIpc) is 3.43. The summed E-state index contributed by atoms with van der Waals surface area (Å²) in [6.07, 6.45) is 4.11. The van der Waals surface area contributed by atoms with Gasteiger partial charge in [-0.25, -0.2) is 9.37 Å². The van der Waals surface area contributed by atoms with Crippen molar-refractivity contribution in [1.82, 2.24) is 4.98 Å². The van der Waals surface area contributed by atoms with Gasteiger partial charge < -0.3 is 10.2 Å². The molecule has 1 aliphatic heterocycles. The predicted molar refractivity (Wildman–Crippen MR) is 101 cm³/mol. The first-order valence-electron chi connectivity index (χ1n) is 9.24. The third kappa shape index (κ3) is 2.96. The highest BCUT2D eigenvalue weighted by atomic mass is 19.1. The molecule has 1 fully saturated rings. The highest BCUT2D eigenvalue weighted by Crippen LogP contribution is 2.49. The van der Waals surface area contributed by atoms with Gasteiger partial charge in [0.15, 0.2) is 0 Å². The van der Waals surface area contributed by atoms with E-state index in [-0.39, 0.29) is 29.7 Å². The Hall–Kier alpha value is -2.43. The van der Waals surface area contributed by atoms with Gasteiger partial charge in [0.2, 0.25) is 5.91 Å². The van der Waals surface area contributed by atoms with E-state index in [2.05, 4.69) is 17.2 Å². The van der Waals surface area contributed by atoms with E-state index in [4.69, 9.17) is 0 Å². The number of nitrogens with zero attached hydrogens (tertiary/aromatic N) is 2. The summed E-state index contributed by atoms with van der Waals surface area (Å²) in [4.78, 5) is 18.8. The van der Waals surface area contributed by atoms with E-state index < -0.39 is 0 Å². The lowest BCUT2D eigenvalue weighted by Gasteiger charge is -2.45. The van der Waals surface area contributed by atoms with E-state index in [0.29, 0.717) is 5.92 Å². The van der Waals surface area contributed by atoms with Gasteiger partial charge in [0.1, 0.15) is 11.6 Å². The van der Waals surface area contributed by atoms with E-state index in [1.165, 1.54) is 6.07 Å². The Balaban J connectivity index is 1.79. The monoisotopic (exact) mass is 353 g/mol. The van der Waals surface area contributed by atoms with Crippen LogP contribution in [0.4, 0.5) is 15.9 Å². The average molecular weight is 353 g/mol. The number of fused-ring (bicyclic) bond motifs is 1. The second kappa shape index (κ2) is 6.38. The van der Waals surface area contributed by atoms with Crippen molar-refractivity contribution in [2.24, 2.45) is 11.8 Å². The third-order valence-electron chi connectivity index (χ3n) is 5.61. The van der Waals surface area contributed by atoms with Crippen LogP contribution in [0.25, 0.3) is 0 Å². The molecule has 4 rings (SSSR count). The number of carbonyl (C=O) groups is 1. The number of aromatic nitrogens is 1. The van der Waals surface area contributed by atoms with Crippen molar-refractivity contribution < 1.29 is 9.18 Å². The lowest BCUT2D eigenvalue weighted by Crippen LogP contribution is -2.51. The van der Waals surface area contributed by atoms with Crippen LogP contribution < -0.4 is 10.2 Å². The molecule has 0 unspecified atom stereocenters. The molecule has 1 amide bonds. The first kappa shape index (κ1) is 17.0. The number of carbonyl (C=O) groups excluding carboxylic acids is 1. The van der Waals surface area contributed by atoms with E-state index in [1.807, 2.05) is 30.2 Å². The van der Waals surface area contributed by atoms with Gasteiger partial charge in [-0.05, 0) is 55.5 Å². The Morgan fingerprint density at radius 3 is 2.65 bits per heavy atom. The van der Waals surface area contributed by atoms with E-state index in [9.17, 15) is 9.18 Å². The van der Waals surface area contributed by atoms with E-state index in [1.54, 1.807) is 19.1 Å². The number of hydrogen-bond donors (Lipinski definition) is 1. The number of anilines is 2. The number of aryl methyl sites for hydroxylation is 1. The Kier molecular flexibility index (Phi) is 4.17. The summed E-state index contributed by atoms with van der Waals surface area (Å²) in [5, 5.41) is 3.50. The van der Waals surface area contributed by atoms with Crippen LogP contribution >= 0.6 is 0 Å². The second-order valence-corrected chi connectivity index (χ2v) is 7.62. The van der Waals surface area contributed by atoms with Crippen molar-refractivity contribution in [2.75, 3.05) is 10.2 Å². The van der Waals surface area contributed by atoms with Crippen molar-refractivity contribution in [2.45, 2.75) is 45.7 Å². The van der Waals surface area contributed by atoms with Gasteiger partial charge in [0.05, 0.1) is 6.04 Å². The molecule has 1 aliphatic carbocycles. The van der Waals surface area contributed by atoms with Gasteiger partial charge in [-0.2, -0.15) is 0 Å². The van der Waals surface area contributed by atoms with E-state index >= 15 is 0 Å². The van der Waals surface area contributed by atoms with Crippen LogP contribution in [-0.2, 0) is 4.79 Å². The fourth-order valence-corrected chi connectivity index (χ4v) is 4.25. The number of hydrogen-bond acceptors (Lipinski definition) is 3. The lowest BCUT2D eigenvalue weighted by atomic mass is 9.80. The number of rotatable bonds is 3. The molecule has 2 heterocycles. The zero-order valence-corrected chi connectivity index (χ0v) is 15.4. The van der Waals surface area contributed by atoms with E-state index in [0.717, 1.165) is 35.5 Å². The fourth-order valence-electron chi connectivity index (χ4n) is 4.25. The van der Waals surface area contributed by atoms with Crippen LogP contribution in [-0.4, -0.2) is 16.9 Å². The third-order valence-corrected chi connectivity index (χ3v) is 5.61. The number of nitrogens with one attached hydrogen (secondary N) is 1. The minimum Gasteiger partial charge on any atom is -0.363 e. The quantitative estimate of drug-likeness (QED) is 0.886. The van der Waals surface area contributed by atoms with Gasteiger partial charge in [-0.1, -0.05) is 13.0 Å². The minimum absolute atomic E-state index is 0.0218. The predicted octanol–water partition coefficient (Wildman–Crippen LogP) is 4.46. The first-order valence-corrected chi connectivity index (χ1v) is 9.24. The molecule has 1 N–H and O–H groups in total. The summed E-state index contributed by atoms with van der Waals surface area (Å²) in [7, 11) is 0. The molecule has 1 aromatic carbocycles. The van der Waals surface area contributed by atoms with Crippen LogP contribution in [0.15, 0.2) is 36.5 Å². The van der Waals surface area contributed by atoms with Gasteiger partial charge in [-0.15, -0.1) is 0 Å². The van der Waals surface area contributed by atoms with Crippen molar-refractivity contribution in [3.63, 3.8) is 0 Å². The normalized spacial score (nSPS) is 24.9. The summed E-state index contributed by atoms with van der Waals surface area (Å²) in [5.41, 5.74) is 2.74. The maximum atomic E-state index is 14.0. The molecule has 3 atom stereocenters. The second-order valence-electron chi connectivity index (χ2n) is 7.62. The summed E-state index contributed by atoms with van der Waals surface area (Å²) >= 11 is 0. The first-order chi connectivity index (χ1) is 12.5. The molecular weight excluding hydrogens is 329 g/mol. The van der Waals surface area contributed by atoms with Gasteiger partial charge in [-0.3, -0.25) is 4.79 Å². The van der Waals surface area contributed by atoms with Gasteiger partial charge >= 0.3 is 0 Å². The summed E-state index contributed by atoms with van der Waals surface area (Å²) in [6.45, 7) is 5.75. The maximum absolute atomic E-state index is 14.0. The molecule has 5 heteroatoms. The zero-order chi connectivity index (χ0) is 18.4. The Labute approximate surface area is 153 Å². The maximum Gasteiger partial charge on any atom is 0.224 e. The molecule has 2 aliphatic rings. The molecule has 1 saturated carbocycles. The molecule has 2 aromatic rings. The molecule has 0 saturated heterocycles. The minimum atomic E-state index is -0.284. The Morgan fingerprint density at radius 2 is 2.04 bits per heavy atom. The number of pyridine rings is 1. The Bertz CT molecular complexity index is 832. The molecule has 136 valence electrons. The van der Waals surface area contributed by atoms with Crippen LogP contribution in [0.2, 0.25) is 0 Å². The van der Waals surface area contributed by atoms with Crippen molar-refractivity contribution in [3.8, 4) is 0 Å². The highest BCUT2D eigenvalue weighted by molar-refractivity contribution is 5.94. The van der Waals surface area contributed by atoms with Crippen LogP contribution in [0.1, 0.15) is 43.9 Å². The van der Waals surface area contributed by atoms with Gasteiger partial charge in [0, 0.05) is 36.3 Å². The molecule has 26 heavy (non-hydrogen) atoms. The smallest absolute Gasteiger partial charge is 0.224 e. The van der Waals surface area contributed by atoms with Crippen molar-refractivity contribution in [3.05, 3.63) is 53.5 Å². The standard InChI is InChI=1S/C21H24FN3O/c1-12-4-9-19(23-11-12)24-20-13(2)21(15-5-6-15)25(14(3)26)18-8-7-16(22)10-17(18)20/h4,7-11,13,15,20-21H,5-6H2,1-3H3,(H,23,24)/t13-,20-,21-/m1/s1. The summed E-state index contributed by atoms with van der Waals surface area (Å²) in [6, 6.07) is 8.74. The number of benzene rings is 1. The number of amides is 1. The van der Waals surface area contributed by atoms with Crippen LogP contribution in [0.5, 0.6) is 0 Å². The molecule has 0 bridgehead atoms. The van der Waals surface area contributed by atoms with Crippen LogP contribution in [0.3, 0.4) is 0 Å².